The van der Waals surface area contributed by atoms with E-state index in [9.17, 15) is 0 Å². The standard InChI is InChI=1S/C14H28N2O2/c1-11-9-18-7-5-14(11,10-15)16-6-4-13(17-3)8-12(16)2/h11-13H,4-10,15H2,1-3H3. The van der Waals surface area contributed by atoms with Crippen molar-refractivity contribution >= 4 is 0 Å². The van der Waals surface area contributed by atoms with Crippen LogP contribution in [-0.2, 0) is 9.47 Å². The van der Waals surface area contributed by atoms with E-state index in [1.165, 1.54) is 0 Å². The Hall–Kier alpha value is -0.160. The molecule has 0 aromatic heterocycles. The minimum atomic E-state index is 0.135. The quantitative estimate of drug-likeness (QED) is 0.825. The molecule has 2 aliphatic rings. The van der Waals surface area contributed by atoms with Gasteiger partial charge in [0.25, 0.3) is 0 Å². The number of nitrogens with two attached hydrogens (primary N) is 1. The lowest BCUT2D eigenvalue weighted by molar-refractivity contribution is -0.105. The van der Waals surface area contributed by atoms with Crippen LogP contribution in [0.3, 0.4) is 0 Å². The molecule has 2 rings (SSSR count). The van der Waals surface area contributed by atoms with Crippen LogP contribution >= 0.6 is 0 Å². The summed E-state index contributed by atoms with van der Waals surface area (Å²) in [6, 6.07) is 0.549. The van der Waals surface area contributed by atoms with Crippen LogP contribution in [0.4, 0.5) is 0 Å². The maximum atomic E-state index is 6.16. The average Bonchev–Trinajstić information content (AvgIpc) is 2.40. The lowest BCUT2D eigenvalue weighted by atomic mass is 9.77. The summed E-state index contributed by atoms with van der Waals surface area (Å²) in [4.78, 5) is 2.63. The molecule has 0 bridgehead atoms. The van der Waals surface area contributed by atoms with Gasteiger partial charge in [-0.2, -0.15) is 0 Å². The molecule has 2 fully saturated rings. The molecule has 2 N–H and O–H groups in total. The maximum absolute atomic E-state index is 6.16. The average molecular weight is 256 g/mol. The van der Waals surface area contributed by atoms with Crippen molar-refractivity contribution in [3.8, 4) is 0 Å². The van der Waals surface area contributed by atoms with E-state index in [-0.39, 0.29) is 5.54 Å². The van der Waals surface area contributed by atoms with Crippen LogP contribution in [0.25, 0.3) is 0 Å². The van der Waals surface area contributed by atoms with Gasteiger partial charge in [0, 0.05) is 38.4 Å². The van der Waals surface area contributed by atoms with E-state index in [4.69, 9.17) is 15.2 Å². The van der Waals surface area contributed by atoms with Gasteiger partial charge in [0.1, 0.15) is 0 Å². The van der Waals surface area contributed by atoms with Crippen molar-refractivity contribution in [3.63, 3.8) is 0 Å². The summed E-state index contributed by atoms with van der Waals surface area (Å²) in [5.74, 6) is 0.512. The van der Waals surface area contributed by atoms with Gasteiger partial charge >= 0.3 is 0 Å². The molecule has 4 nitrogen and oxygen atoms in total. The maximum Gasteiger partial charge on any atom is 0.0598 e. The molecule has 0 aromatic carbocycles. The Kier molecular flexibility index (Phi) is 4.64. The molecule has 2 saturated heterocycles. The van der Waals surface area contributed by atoms with Crippen molar-refractivity contribution in [1.82, 2.24) is 4.90 Å². The van der Waals surface area contributed by atoms with E-state index in [2.05, 4.69) is 18.7 Å². The summed E-state index contributed by atoms with van der Waals surface area (Å²) < 4.78 is 11.1. The second kappa shape index (κ2) is 5.87. The molecule has 2 heterocycles. The Balaban J connectivity index is 2.12. The van der Waals surface area contributed by atoms with Gasteiger partial charge in [0.2, 0.25) is 0 Å². The lowest BCUT2D eigenvalue weighted by Gasteiger charge is -2.54. The molecule has 0 saturated carbocycles. The molecule has 106 valence electrons. The Bertz CT molecular complexity index is 275. The zero-order valence-electron chi connectivity index (χ0n) is 12.0. The molecule has 0 aromatic rings. The van der Waals surface area contributed by atoms with Crippen LogP contribution in [0.1, 0.15) is 33.1 Å². The minimum absolute atomic E-state index is 0.135. The number of piperidine rings is 1. The Labute approximate surface area is 111 Å². The predicted octanol–water partition coefficient (Wildman–Crippen LogP) is 1.24. The second-order valence-electron chi connectivity index (χ2n) is 5.96. The van der Waals surface area contributed by atoms with Crippen molar-refractivity contribution in [2.75, 3.05) is 33.4 Å². The van der Waals surface area contributed by atoms with Crippen LogP contribution in [0.5, 0.6) is 0 Å². The van der Waals surface area contributed by atoms with Crippen LogP contribution in [-0.4, -0.2) is 56.0 Å². The Morgan fingerprint density at radius 3 is 2.78 bits per heavy atom. The van der Waals surface area contributed by atoms with E-state index in [1.54, 1.807) is 0 Å². The molecule has 0 spiro atoms. The van der Waals surface area contributed by atoms with Gasteiger partial charge in [-0.15, -0.1) is 0 Å². The molecule has 2 aliphatic heterocycles. The highest BCUT2D eigenvalue weighted by molar-refractivity contribution is 5.01. The third kappa shape index (κ3) is 2.44. The first kappa shape index (κ1) is 14.3. The first-order valence-electron chi connectivity index (χ1n) is 7.21. The van der Waals surface area contributed by atoms with E-state index < -0.39 is 0 Å². The monoisotopic (exact) mass is 256 g/mol. The fourth-order valence-electron chi connectivity index (χ4n) is 3.76. The highest BCUT2D eigenvalue weighted by Crippen LogP contribution is 2.36. The van der Waals surface area contributed by atoms with Crippen molar-refractivity contribution in [3.05, 3.63) is 0 Å². The van der Waals surface area contributed by atoms with Gasteiger partial charge in [-0.1, -0.05) is 6.92 Å². The Morgan fingerprint density at radius 2 is 2.22 bits per heavy atom. The van der Waals surface area contributed by atoms with Gasteiger partial charge in [-0.25, -0.2) is 0 Å². The minimum Gasteiger partial charge on any atom is -0.381 e. The number of nitrogens with zero attached hydrogens (tertiary/aromatic N) is 1. The van der Waals surface area contributed by atoms with E-state index in [0.29, 0.717) is 18.1 Å². The molecular weight excluding hydrogens is 228 g/mol. The number of hydrogen-bond acceptors (Lipinski definition) is 4. The summed E-state index contributed by atoms with van der Waals surface area (Å²) >= 11 is 0. The summed E-state index contributed by atoms with van der Waals surface area (Å²) in [7, 11) is 1.82. The normalized spacial score (nSPS) is 43.0. The Morgan fingerprint density at radius 1 is 1.44 bits per heavy atom. The van der Waals surface area contributed by atoms with E-state index in [1.807, 2.05) is 7.11 Å². The van der Waals surface area contributed by atoms with Crippen LogP contribution < -0.4 is 5.73 Å². The number of ether oxygens (including phenoxy) is 2. The number of likely N-dealkylation sites (tertiary alicyclic amines) is 1. The zero-order chi connectivity index (χ0) is 13.2. The first-order chi connectivity index (χ1) is 8.64. The van der Waals surface area contributed by atoms with Gasteiger partial charge in [0.15, 0.2) is 0 Å². The number of methoxy groups -OCH3 is 1. The van der Waals surface area contributed by atoms with Gasteiger partial charge in [-0.3, -0.25) is 4.90 Å². The van der Waals surface area contributed by atoms with E-state index >= 15 is 0 Å². The highest BCUT2D eigenvalue weighted by Gasteiger charge is 2.46. The van der Waals surface area contributed by atoms with Gasteiger partial charge in [-0.05, 0) is 32.1 Å². The van der Waals surface area contributed by atoms with Crippen molar-refractivity contribution in [1.29, 1.82) is 0 Å². The van der Waals surface area contributed by atoms with Crippen molar-refractivity contribution in [2.24, 2.45) is 11.7 Å². The summed E-state index contributed by atoms with van der Waals surface area (Å²) in [6.07, 6.45) is 3.72. The zero-order valence-corrected chi connectivity index (χ0v) is 12.0. The molecule has 0 aliphatic carbocycles. The molecule has 0 radical (unpaired) electrons. The third-order valence-electron chi connectivity index (χ3n) is 5.05. The SMILES string of the molecule is COC1CCN(C2(CN)CCOCC2C)C(C)C1. The molecule has 4 heteroatoms. The van der Waals surface area contributed by atoms with Gasteiger partial charge in [0.05, 0.1) is 12.7 Å². The van der Waals surface area contributed by atoms with Crippen LogP contribution in [0.2, 0.25) is 0 Å². The topological polar surface area (TPSA) is 47.7 Å². The second-order valence-corrected chi connectivity index (χ2v) is 5.96. The number of rotatable bonds is 3. The smallest absolute Gasteiger partial charge is 0.0598 e. The lowest BCUT2D eigenvalue weighted by Crippen LogP contribution is -2.65. The molecular formula is C14H28N2O2. The summed E-state index contributed by atoms with van der Waals surface area (Å²) in [6.45, 7) is 8.11. The van der Waals surface area contributed by atoms with Crippen LogP contribution in [0, 0.1) is 5.92 Å². The fourth-order valence-corrected chi connectivity index (χ4v) is 3.76. The largest absolute Gasteiger partial charge is 0.381 e. The first-order valence-corrected chi connectivity index (χ1v) is 7.21. The van der Waals surface area contributed by atoms with Crippen molar-refractivity contribution in [2.45, 2.75) is 50.8 Å². The highest BCUT2D eigenvalue weighted by atomic mass is 16.5. The van der Waals surface area contributed by atoms with Crippen LogP contribution in [0.15, 0.2) is 0 Å². The van der Waals surface area contributed by atoms with E-state index in [0.717, 1.165) is 45.6 Å². The molecule has 0 amide bonds. The van der Waals surface area contributed by atoms with Gasteiger partial charge < -0.3 is 15.2 Å². The third-order valence-corrected chi connectivity index (χ3v) is 5.05. The predicted molar refractivity (Wildman–Crippen MR) is 72.6 cm³/mol. The summed E-state index contributed by atoms with van der Waals surface area (Å²) in [5, 5.41) is 0. The molecule has 4 unspecified atom stereocenters. The summed E-state index contributed by atoms with van der Waals surface area (Å²) in [5.41, 5.74) is 6.30. The molecule has 18 heavy (non-hydrogen) atoms. The fraction of sp³-hybridized carbons (Fsp3) is 1.00. The molecule has 4 atom stereocenters. The number of hydrogen-bond donors (Lipinski definition) is 1. The van der Waals surface area contributed by atoms with Crippen molar-refractivity contribution < 1.29 is 9.47 Å².